The molecule has 0 bridgehead atoms. The van der Waals surface area contributed by atoms with Gasteiger partial charge in [-0.2, -0.15) is 0 Å². The number of anilines is 2. The van der Waals surface area contributed by atoms with Gasteiger partial charge in [0.2, 0.25) is 0 Å². The quantitative estimate of drug-likeness (QED) is 0.502. The number of carbonyl (C=O) groups is 1. The molecule has 0 fully saturated rings. The number of sulfonamides is 1. The zero-order chi connectivity index (χ0) is 20.4. The molecule has 1 heterocycles. The fourth-order valence-corrected chi connectivity index (χ4v) is 3.79. The van der Waals surface area contributed by atoms with Crippen LogP contribution in [-0.4, -0.2) is 14.3 Å². The molecule has 1 amide bonds. The molecule has 0 unspecified atom stereocenters. The highest BCUT2D eigenvalue weighted by Crippen LogP contribution is 2.22. The molecule has 0 saturated carbocycles. The van der Waals surface area contributed by atoms with Crippen molar-refractivity contribution in [2.45, 2.75) is 4.90 Å². The molecule has 8 heteroatoms. The van der Waals surface area contributed by atoms with Gasteiger partial charge in [-0.1, -0.05) is 18.2 Å². The van der Waals surface area contributed by atoms with Crippen molar-refractivity contribution in [2.75, 3.05) is 10.0 Å². The lowest BCUT2D eigenvalue weighted by Gasteiger charge is -2.09. The Morgan fingerprint density at radius 2 is 1.52 bits per heavy atom. The number of halogens is 1. The number of benzene rings is 3. The molecule has 1 aromatic heterocycles. The van der Waals surface area contributed by atoms with Crippen molar-refractivity contribution in [3.63, 3.8) is 0 Å². The summed E-state index contributed by atoms with van der Waals surface area (Å²) < 4.78 is 45.6. The topological polar surface area (TPSA) is 88.4 Å². The molecule has 0 atom stereocenters. The number of amides is 1. The van der Waals surface area contributed by atoms with Crippen LogP contribution in [0, 0.1) is 5.82 Å². The van der Waals surface area contributed by atoms with Gasteiger partial charge in [-0.3, -0.25) is 9.52 Å². The maximum atomic E-state index is 13.0. The second kappa shape index (κ2) is 7.40. The van der Waals surface area contributed by atoms with E-state index in [0.29, 0.717) is 17.0 Å². The third-order valence-corrected chi connectivity index (χ3v) is 5.57. The normalized spacial score (nSPS) is 11.3. The molecule has 4 rings (SSSR count). The third-order valence-electron chi connectivity index (χ3n) is 4.17. The Balaban J connectivity index is 1.46. The van der Waals surface area contributed by atoms with Gasteiger partial charge in [0.05, 0.1) is 4.90 Å². The van der Waals surface area contributed by atoms with E-state index in [1.165, 1.54) is 24.3 Å². The second-order valence-corrected chi connectivity index (χ2v) is 7.92. The summed E-state index contributed by atoms with van der Waals surface area (Å²) in [5.41, 5.74) is 1.39. The molecule has 3 aromatic carbocycles. The lowest BCUT2D eigenvalue weighted by Crippen LogP contribution is -2.13. The highest BCUT2D eigenvalue weighted by molar-refractivity contribution is 7.92. The maximum Gasteiger partial charge on any atom is 0.291 e. The fourth-order valence-electron chi connectivity index (χ4n) is 2.74. The van der Waals surface area contributed by atoms with Crippen LogP contribution in [0.3, 0.4) is 0 Å². The van der Waals surface area contributed by atoms with Crippen molar-refractivity contribution in [3.05, 3.63) is 90.4 Å². The molecule has 0 aliphatic rings. The van der Waals surface area contributed by atoms with E-state index in [9.17, 15) is 17.6 Å². The Morgan fingerprint density at radius 3 is 2.21 bits per heavy atom. The van der Waals surface area contributed by atoms with Crippen LogP contribution in [0.5, 0.6) is 0 Å². The van der Waals surface area contributed by atoms with Crippen molar-refractivity contribution < 1.29 is 22.0 Å². The Bertz CT molecular complexity index is 1250. The largest absolute Gasteiger partial charge is 0.451 e. The molecule has 0 saturated heterocycles. The average molecular weight is 410 g/mol. The van der Waals surface area contributed by atoms with Crippen LogP contribution in [0.25, 0.3) is 11.0 Å². The van der Waals surface area contributed by atoms with Crippen LogP contribution in [0.1, 0.15) is 10.6 Å². The number of furan rings is 1. The summed E-state index contributed by atoms with van der Waals surface area (Å²) >= 11 is 0. The fraction of sp³-hybridized carbons (Fsp3) is 0. The van der Waals surface area contributed by atoms with Crippen molar-refractivity contribution in [2.24, 2.45) is 0 Å². The molecule has 0 aliphatic carbocycles. The number of fused-ring (bicyclic) bond motifs is 1. The monoisotopic (exact) mass is 410 g/mol. The van der Waals surface area contributed by atoms with Gasteiger partial charge in [0.25, 0.3) is 15.9 Å². The number of hydrogen-bond donors (Lipinski definition) is 2. The Hall–Kier alpha value is -3.65. The highest BCUT2D eigenvalue weighted by atomic mass is 32.2. The molecule has 0 spiro atoms. The van der Waals surface area contributed by atoms with Crippen LogP contribution >= 0.6 is 0 Å². The van der Waals surface area contributed by atoms with Crippen LogP contribution in [0.2, 0.25) is 0 Å². The van der Waals surface area contributed by atoms with E-state index in [-0.39, 0.29) is 10.7 Å². The number of para-hydroxylation sites is 1. The molecule has 0 aliphatic heterocycles. The third kappa shape index (κ3) is 4.12. The molecule has 4 aromatic rings. The van der Waals surface area contributed by atoms with Gasteiger partial charge < -0.3 is 9.73 Å². The standard InChI is InChI=1S/C21H15FN2O4S/c22-15-5-11-18(12-6-15)29(26,27)24-17-9-7-16(8-10-17)23-21(25)20-13-14-3-1-2-4-19(14)28-20/h1-13,24H,(H,23,25). The molecule has 29 heavy (non-hydrogen) atoms. The zero-order valence-corrected chi connectivity index (χ0v) is 15.7. The summed E-state index contributed by atoms with van der Waals surface area (Å²) in [4.78, 5) is 12.3. The van der Waals surface area contributed by atoms with E-state index < -0.39 is 21.7 Å². The van der Waals surface area contributed by atoms with E-state index in [0.717, 1.165) is 17.5 Å². The lowest BCUT2D eigenvalue weighted by atomic mass is 10.2. The first-order valence-corrected chi connectivity index (χ1v) is 10.1. The highest BCUT2D eigenvalue weighted by Gasteiger charge is 2.15. The van der Waals surface area contributed by atoms with E-state index in [4.69, 9.17) is 4.42 Å². The van der Waals surface area contributed by atoms with E-state index >= 15 is 0 Å². The molecule has 6 nitrogen and oxygen atoms in total. The van der Waals surface area contributed by atoms with Crippen molar-refractivity contribution in [3.8, 4) is 0 Å². The molecular weight excluding hydrogens is 395 g/mol. The van der Waals surface area contributed by atoms with Gasteiger partial charge in [-0.15, -0.1) is 0 Å². The first-order valence-electron chi connectivity index (χ1n) is 8.59. The lowest BCUT2D eigenvalue weighted by molar-refractivity contribution is 0.0998. The van der Waals surface area contributed by atoms with Crippen molar-refractivity contribution >= 4 is 38.3 Å². The smallest absolute Gasteiger partial charge is 0.291 e. The summed E-state index contributed by atoms with van der Waals surface area (Å²) in [6.45, 7) is 0. The van der Waals surface area contributed by atoms with E-state index in [1.807, 2.05) is 18.2 Å². The van der Waals surface area contributed by atoms with Gasteiger partial charge in [0, 0.05) is 16.8 Å². The van der Waals surface area contributed by atoms with E-state index in [2.05, 4.69) is 10.0 Å². The number of rotatable bonds is 5. The molecule has 146 valence electrons. The Kier molecular flexibility index (Phi) is 4.77. The van der Waals surface area contributed by atoms with E-state index in [1.54, 1.807) is 24.3 Å². The summed E-state index contributed by atoms with van der Waals surface area (Å²) in [6, 6.07) is 19.6. The van der Waals surface area contributed by atoms with Crippen LogP contribution in [0.4, 0.5) is 15.8 Å². The van der Waals surface area contributed by atoms with Crippen LogP contribution < -0.4 is 10.0 Å². The summed E-state index contributed by atoms with van der Waals surface area (Å²) in [6.07, 6.45) is 0. The summed E-state index contributed by atoms with van der Waals surface area (Å²) in [7, 11) is -3.84. The minimum atomic E-state index is -3.84. The molecule has 0 radical (unpaired) electrons. The molecule has 2 N–H and O–H groups in total. The number of nitrogens with one attached hydrogen (secondary N) is 2. The minimum Gasteiger partial charge on any atom is -0.451 e. The predicted octanol–water partition coefficient (Wildman–Crippen LogP) is 4.63. The van der Waals surface area contributed by atoms with Crippen molar-refractivity contribution in [1.82, 2.24) is 0 Å². The van der Waals surface area contributed by atoms with Crippen LogP contribution in [-0.2, 0) is 10.0 Å². The number of hydrogen-bond acceptors (Lipinski definition) is 4. The number of carbonyl (C=O) groups excluding carboxylic acids is 1. The van der Waals surface area contributed by atoms with Crippen molar-refractivity contribution in [1.29, 1.82) is 0 Å². The van der Waals surface area contributed by atoms with Gasteiger partial charge in [0.15, 0.2) is 5.76 Å². The van der Waals surface area contributed by atoms with Gasteiger partial charge >= 0.3 is 0 Å². The zero-order valence-electron chi connectivity index (χ0n) is 14.9. The maximum absolute atomic E-state index is 13.0. The predicted molar refractivity (Wildman–Crippen MR) is 108 cm³/mol. The minimum absolute atomic E-state index is 0.0545. The summed E-state index contributed by atoms with van der Waals surface area (Å²) in [5, 5.41) is 3.52. The SMILES string of the molecule is O=C(Nc1ccc(NS(=O)(=O)c2ccc(F)cc2)cc1)c1cc2ccccc2o1. The Morgan fingerprint density at radius 1 is 0.862 bits per heavy atom. The molecular formula is C21H15FN2O4S. The Labute approximate surface area is 166 Å². The van der Waals surface area contributed by atoms with Gasteiger partial charge in [-0.25, -0.2) is 12.8 Å². The van der Waals surface area contributed by atoms with Gasteiger partial charge in [0.1, 0.15) is 11.4 Å². The first-order chi connectivity index (χ1) is 13.9. The van der Waals surface area contributed by atoms with Crippen LogP contribution in [0.15, 0.2) is 88.2 Å². The average Bonchev–Trinajstić information content (AvgIpc) is 3.14. The van der Waals surface area contributed by atoms with Gasteiger partial charge in [-0.05, 0) is 60.7 Å². The first kappa shape index (κ1) is 18.7. The summed E-state index contributed by atoms with van der Waals surface area (Å²) in [5.74, 6) is -0.762. The second-order valence-electron chi connectivity index (χ2n) is 6.24.